The second-order valence-electron chi connectivity index (χ2n) is 4.72. The van der Waals surface area contributed by atoms with Crippen LogP contribution in [0.15, 0.2) is 12.1 Å². The second-order valence-corrected chi connectivity index (χ2v) is 5.56. The van der Waals surface area contributed by atoms with Gasteiger partial charge in [0.1, 0.15) is 5.75 Å². The molecule has 1 fully saturated rings. The van der Waals surface area contributed by atoms with Gasteiger partial charge in [-0.2, -0.15) is 0 Å². The van der Waals surface area contributed by atoms with Gasteiger partial charge in [0, 0.05) is 31.2 Å². The number of carbonyl (C=O) groups is 2. The fraction of sp³-hybridized carbons (Fsp3) is 0.429. The zero-order valence-corrected chi connectivity index (χ0v) is 13.8. The minimum Gasteiger partial charge on any atom is -0.494 e. The fourth-order valence-electron chi connectivity index (χ4n) is 2.32. The van der Waals surface area contributed by atoms with Gasteiger partial charge < -0.3 is 19.3 Å². The van der Waals surface area contributed by atoms with Crippen molar-refractivity contribution in [1.82, 2.24) is 9.80 Å². The van der Waals surface area contributed by atoms with Crippen molar-refractivity contribution in [3.05, 3.63) is 27.7 Å². The van der Waals surface area contributed by atoms with Crippen LogP contribution in [0.2, 0.25) is 10.0 Å². The molecule has 0 aromatic heterocycles. The molecule has 0 saturated carbocycles. The Bertz CT molecular complexity index is 586. The van der Waals surface area contributed by atoms with Gasteiger partial charge in [0.15, 0.2) is 0 Å². The highest BCUT2D eigenvalue weighted by atomic mass is 35.5. The lowest BCUT2D eigenvalue weighted by Crippen LogP contribution is -2.50. The summed E-state index contributed by atoms with van der Waals surface area (Å²) in [6, 6.07) is 3.05. The fourth-order valence-corrected chi connectivity index (χ4v) is 2.89. The molecule has 0 spiro atoms. The second kappa shape index (κ2) is 7.07. The van der Waals surface area contributed by atoms with Crippen LogP contribution >= 0.6 is 23.2 Å². The van der Waals surface area contributed by atoms with E-state index in [2.05, 4.69) is 4.74 Å². The van der Waals surface area contributed by atoms with Gasteiger partial charge in [-0.1, -0.05) is 23.2 Å². The number of hydrogen-bond donors (Lipinski definition) is 0. The van der Waals surface area contributed by atoms with E-state index < -0.39 is 6.09 Å². The maximum atomic E-state index is 12.6. The molecule has 0 bridgehead atoms. The summed E-state index contributed by atoms with van der Waals surface area (Å²) in [7, 11) is 2.78. The van der Waals surface area contributed by atoms with Crippen molar-refractivity contribution in [2.45, 2.75) is 0 Å². The summed E-state index contributed by atoms with van der Waals surface area (Å²) in [5, 5.41) is 0.647. The van der Waals surface area contributed by atoms with Crippen molar-refractivity contribution >= 4 is 35.2 Å². The van der Waals surface area contributed by atoms with Crippen LogP contribution in [-0.4, -0.2) is 62.2 Å². The molecule has 1 aliphatic rings. The number of methoxy groups -OCH3 is 2. The molecule has 1 aromatic carbocycles. The lowest BCUT2D eigenvalue weighted by Gasteiger charge is -2.34. The van der Waals surface area contributed by atoms with Gasteiger partial charge in [0.2, 0.25) is 0 Å². The first-order valence-corrected chi connectivity index (χ1v) is 7.38. The third-order valence-electron chi connectivity index (χ3n) is 3.44. The molecule has 2 rings (SSSR count). The number of ether oxygens (including phenoxy) is 2. The van der Waals surface area contributed by atoms with Gasteiger partial charge >= 0.3 is 6.09 Å². The van der Waals surface area contributed by atoms with Gasteiger partial charge in [0.05, 0.1) is 24.8 Å². The molecule has 1 saturated heterocycles. The maximum Gasteiger partial charge on any atom is 0.409 e. The molecule has 0 aliphatic carbocycles. The summed E-state index contributed by atoms with van der Waals surface area (Å²) in [5.74, 6) is 0.0669. The molecular weight excluding hydrogens is 331 g/mol. The summed E-state index contributed by atoms with van der Waals surface area (Å²) in [6.07, 6.45) is -0.393. The molecule has 0 atom stereocenters. The summed E-state index contributed by atoms with van der Waals surface area (Å²) in [6.45, 7) is 1.63. The SMILES string of the molecule is COC(=O)N1CCN(C(=O)c2cc(Cl)cc(Cl)c2OC)CC1. The average molecular weight is 347 g/mol. The van der Waals surface area contributed by atoms with Crippen LogP contribution in [0.1, 0.15) is 10.4 Å². The molecular formula is C14H16Cl2N2O4. The molecule has 2 amide bonds. The summed E-state index contributed by atoms with van der Waals surface area (Å²) < 4.78 is 9.86. The quantitative estimate of drug-likeness (QED) is 0.825. The van der Waals surface area contributed by atoms with Gasteiger partial charge in [-0.05, 0) is 12.1 Å². The number of benzene rings is 1. The monoisotopic (exact) mass is 346 g/mol. The number of halogens is 2. The third kappa shape index (κ3) is 3.39. The third-order valence-corrected chi connectivity index (χ3v) is 3.94. The van der Waals surface area contributed by atoms with E-state index in [1.165, 1.54) is 26.4 Å². The van der Waals surface area contributed by atoms with E-state index >= 15 is 0 Å². The first-order valence-electron chi connectivity index (χ1n) is 6.63. The molecule has 0 N–H and O–H groups in total. The Balaban J connectivity index is 2.15. The van der Waals surface area contributed by atoms with Crippen LogP contribution in [0.4, 0.5) is 4.79 Å². The van der Waals surface area contributed by atoms with E-state index in [1.54, 1.807) is 9.80 Å². The predicted octanol–water partition coefficient (Wildman–Crippen LogP) is 2.53. The number of piperazine rings is 1. The highest BCUT2D eigenvalue weighted by molar-refractivity contribution is 6.36. The Morgan fingerprint density at radius 3 is 2.18 bits per heavy atom. The Kier molecular flexibility index (Phi) is 5.37. The van der Waals surface area contributed by atoms with Crippen molar-refractivity contribution in [1.29, 1.82) is 0 Å². The van der Waals surface area contributed by atoms with Gasteiger partial charge in [-0.15, -0.1) is 0 Å². The Morgan fingerprint density at radius 1 is 1.05 bits per heavy atom. The minimum absolute atomic E-state index is 0.231. The molecule has 1 heterocycles. The van der Waals surface area contributed by atoms with Crippen molar-refractivity contribution in [2.75, 3.05) is 40.4 Å². The summed E-state index contributed by atoms with van der Waals surface area (Å²) >= 11 is 12.0. The van der Waals surface area contributed by atoms with Crippen LogP contribution in [0.5, 0.6) is 5.75 Å². The average Bonchev–Trinajstić information content (AvgIpc) is 2.53. The molecule has 22 heavy (non-hydrogen) atoms. The summed E-state index contributed by atoms with van der Waals surface area (Å²) in [5.41, 5.74) is 0.312. The lowest BCUT2D eigenvalue weighted by molar-refractivity contribution is 0.0597. The van der Waals surface area contributed by atoms with E-state index in [9.17, 15) is 9.59 Å². The molecule has 8 heteroatoms. The van der Waals surface area contributed by atoms with Crippen molar-refractivity contribution < 1.29 is 19.1 Å². The van der Waals surface area contributed by atoms with Crippen LogP contribution in [0, 0.1) is 0 Å². The van der Waals surface area contributed by atoms with Crippen molar-refractivity contribution in [3.8, 4) is 5.75 Å². The van der Waals surface area contributed by atoms with E-state index in [0.29, 0.717) is 42.5 Å². The number of nitrogens with zero attached hydrogens (tertiary/aromatic N) is 2. The van der Waals surface area contributed by atoms with E-state index in [1.807, 2.05) is 0 Å². The summed E-state index contributed by atoms with van der Waals surface area (Å²) in [4.78, 5) is 27.2. The highest BCUT2D eigenvalue weighted by Crippen LogP contribution is 2.33. The molecule has 0 radical (unpaired) electrons. The van der Waals surface area contributed by atoms with E-state index in [0.717, 1.165) is 0 Å². The molecule has 0 unspecified atom stereocenters. The van der Waals surface area contributed by atoms with Gasteiger partial charge in [0.25, 0.3) is 5.91 Å². The Labute approximate surface area is 138 Å². The van der Waals surface area contributed by atoms with Crippen molar-refractivity contribution in [2.24, 2.45) is 0 Å². The topological polar surface area (TPSA) is 59.1 Å². The zero-order chi connectivity index (χ0) is 16.3. The van der Waals surface area contributed by atoms with Crippen LogP contribution in [0.25, 0.3) is 0 Å². The Hall–Kier alpha value is -1.66. The molecule has 1 aliphatic heterocycles. The first-order chi connectivity index (χ1) is 10.5. The highest BCUT2D eigenvalue weighted by Gasteiger charge is 2.27. The van der Waals surface area contributed by atoms with E-state index in [-0.39, 0.29) is 10.9 Å². The van der Waals surface area contributed by atoms with Crippen LogP contribution in [-0.2, 0) is 4.74 Å². The first kappa shape index (κ1) is 16.7. The number of amides is 2. The number of rotatable bonds is 2. The Morgan fingerprint density at radius 2 is 1.64 bits per heavy atom. The van der Waals surface area contributed by atoms with Crippen molar-refractivity contribution in [3.63, 3.8) is 0 Å². The molecule has 6 nitrogen and oxygen atoms in total. The smallest absolute Gasteiger partial charge is 0.409 e. The maximum absolute atomic E-state index is 12.6. The molecule has 120 valence electrons. The van der Waals surface area contributed by atoms with Gasteiger partial charge in [-0.3, -0.25) is 4.79 Å². The largest absolute Gasteiger partial charge is 0.494 e. The minimum atomic E-state index is -0.393. The molecule has 1 aromatic rings. The van der Waals surface area contributed by atoms with Gasteiger partial charge in [-0.25, -0.2) is 4.79 Å². The van der Waals surface area contributed by atoms with E-state index in [4.69, 9.17) is 27.9 Å². The predicted molar refractivity (Wildman–Crippen MR) is 82.9 cm³/mol. The zero-order valence-electron chi connectivity index (χ0n) is 12.3. The normalized spacial score (nSPS) is 14.7. The number of hydrogen-bond acceptors (Lipinski definition) is 4. The number of carbonyl (C=O) groups excluding carboxylic acids is 2. The lowest BCUT2D eigenvalue weighted by atomic mass is 10.1. The van der Waals surface area contributed by atoms with Crippen LogP contribution < -0.4 is 4.74 Å². The standard InChI is InChI=1S/C14H16Cl2N2O4/c1-21-12-10(7-9(15)8-11(12)16)13(19)17-3-5-18(6-4-17)14(20)22-2/h7-8H,3-6H2,1-2H3. The van der Waals surface area contributed by atoms with Crippen LogP contribution in [0.3, 0.4) is 0 Å².